The van der Waals surface area contributed by atoms with E-state index in [2.05, 4.69) is 33.8 Å². The standard InChI is InChI=1S/C22H34N4O4S/c1-5-15(2)20(24-21-18-9-6-7-10-19(18)31(28,29)25-21)22(27)23-11-8-12-26-13-16(3)30-17(4)14-26/h6-7,9-10,15-17,20H,5,8,11-14H2,1-4H3,(H,23,27)(H,24,25)/t15-,16?,17?,20-/m0/s1. The highest BCUT2D eigenvalue weighted by atomic mass is 32.2. The third kappa shape index (κ3) is 5.84. The van der Waals surface area contributed by atoms with Crippen LogP contribution in [0.5, 0.6) is 0 Å². The lowest BCUT2D eigenvalue weighted by molar-refractivity contribution is -0.123. The summed E-state index contributed by atoms with van der Waals surface area (Å²) >= 11 is 0. The molecule has 1 saturated heterocycles. The van der Waals surface area contributed by atoms with Crippen molar-refractivity contribution in [3.8, 4) is 0 Å². The quantitative estimate of drug-likeness (QED) is 0.588. The number of nitrogens with zero attached hydrogens (tertiary/aromatic N) is 2. The molecule has 0 saturated carbocycles. The van der Waals surface area contributed by atoms with E-state index in [0.717, 1.165) is 32.5 Å². The number of rotatable bonds is 8. The Bertz CT molecular complexity index is 908. The number of amidine groups is 1. The Morgan fingerprint density at radius 1 is 1.29 bits per heavy atom. The van der Waals surface area contributed by atoms with E-state index < -0.39 is 16.1 Å². The highest BCUT2D eigenvalue weighted by Gasteiger charge is 2.33. The van der Waals surface area contributed by atoms with Crippen LogP contribution in [0.4, 0.5) is 0 Å². The maximum Gasteiger partial charge on any atom is 0.263 e. The molecule has 0 spiro atoms. The van der Waals surface area contributed by atoms with Gasteiger partial charge < -0.3 is 10.1 Å². The number of amides is 1. The number of fused-ring (bicyclic) bond motifs is 1. The highest BCUT2D eigenvalue weighted by molar-refractivity contribution is 7.90. The minimum Gasteiger partial charge on any atom is -0.373 e. The van der Waals surface area contributed by atoms with Crippen LogP contribution in [-0.4, -0.2) is 69.5 Å². The molecule has 0 aromatic heterocycles. The van der Waals surface area contributed by atoms with Gasteiger partial charge in [-0.15, -0.1) is 0 Å². The molecule has 1 fully saturated rings. The number of hydrogen-bond acceptors (Lipinski definition) is 6. The topological polar surface area (TPSA) is 100 Å². The summed E-state index contributed by atoms with van der Waals surface area (Å²) in [5.74, 6) is 0.0483. The third-order valence-electron chi connectivity index (χ3n) is 5.83. The van der Waals surface area contributed by atoms with Gasteiger partial charge in [-0.05, 0) is 38.3 Å². The fourth-order valence-corrected chi connectivity index (χ4v) is 5.36. The first kappa shape index (κ1) is 23.7. The monoisotopic (exact) mass is 450 g/mol. The summed E-state index contributed by atoms with van der Waals surface area (Å²) in [6.07, 6.45) is 2.04. The van der Waals surface area contributed by atoms with Crippen molar-refractivity contribution < 1.29 is 17.9 Å². The zero-order chi connectivity index (χ0) is 22.6. The van der Waals surface area contributed by atoms with Gasteiger partial charge in [-0.1, -0.05) is 32.4 Å². The van der Waals surface area contributed by atoms with Crippen molar-refractivity contribution in [1.82, 2.24) is 14.9 Å². The number of carbonyl (C=O) groups excluding carboxylic acids is 1. The van der Waals surface area contributed by atoms with E-state index in [1.54, 1.807) is 24.3 Å². The third-order valence-corrected chi connectivity index (χ3v) is 7.23. The van der Waals surface area contributed by atoms with Crippen molar-refractivity contribution >= 4 is 21.8 Å². The van der Waals surface area contributed by atoms with Crippen molar-refractivity contribution in [1.29, 1.82) is 0 Å². The van der Waals surface area contributed by atoms with Crippen molar-refractivity contribution in [2.24, 2.45) is 10.9 Å². The summed E-state index contributed by atoms with van der Waals surface area (Å²) in [4.78, 5) is 20.1. The summed E-state index contributed by atoms with van der Waals surface area (Å²) in [6.45, 7) is 11.4. The second-order valence-electron chi connectivity index (χ2n) is 8.57. The molecule has 0 radical (unpaired) electrons. The van der Waals surface area contributed by atoms with Gasteiger partial charge in [0.05, 0.1) is 17.1 Å². The molecular formula is C22H34N4O4S. The van der Waals surface area contributed by atoms with Gasteiger partial charge in [0.2, 0.25) is 5.91 Å². The molecular weight excluding hydrogens is 416 g/mol. The van der Waals surface area contributed by atoms with E-state index in [1.165, 1.54) is 0 Å². The molecule has 2 heterocycles. The summed E-state index contributed by atoms with van der Waals surface area (Å²) in [5, 5.41) is 3.00. The van der Waals surface area contributed by atoms with Crippen LogP contribution in [0.25, 0.3) is 0 Å². The van der Waals surface area contributed by atoms with E-state index >= 15 is 0 Å². The first-order valence-corrected chi connectivity index (χ1v) is 12.5. The smallest absolute Gasteiger partial charge is 0.263 e. The van der Waals surface area contributed by atoms with E-state index in [-0.39, 0.29) is 34.8 Å². The average Bonchev–Trinajstić information content (AvgIpc) is 2.98. The average molecular weight is 451 g/mol. The SMILES string of the molecule is CC[C@H](C)[C@H](N=C1NS(=O)(=O)c2ccccc21)C(=O)NCCCN1CC(C)OC(C)C1. The maximum absolute atomic E-state index is 12.9. The van der Waals surface area contributed by atoms with Crippen LogP contribution in [0, 0.1) is 5.92 Å². The number of morpholine rings is 1. The Kier molecular flexibility index (Phi) is 7.72. The Labute approximate surface area is 185 Å². The summed E-state index contributed by atoms with van der Waals surface area (Å²) < 4.78 is 33.0. The fraction of sp³-hybridized carbons (Fsp3) is 0.636. The van der Waals surface area contributed by atoms with Crippen LogP contribution in [0.3, 0.4) is 0 Å². The van der Waals surface area contributed by atoms with Crippen molar-refractivity contribution in [3.63, 3.8) is 0 Å². The van der Waals surface area contributed by atoms with Gasteiger partial charge in [0, 0.05) is 31.7 Å². The first-order valence-electron chi connectivity index (χ1n) is 11.1. The zero-order valence-electron chi connectivity index (χ0n) is 18.8. The normalized spacial score (nSPS) is 26.1. The second kappa shape index (κ2) is 10.1. The zero-order valence-corrected chi connectivity index (χ0v) is 19.6. The van der Waals surface area contributed by atoms with Crippen LogP contribution in [0.2, 0.25) is 0 Å². The number of ether oxygens (including phenoxy) is 1. The molecule has 31 heavy (non-hydrogen) atoms. The predicted molar refractivity (Wildman–Crippen MR) is 121 cm³/mol. The van der Waals surface area contributed by atoms with Crippen LogP contribution in [0.1, 0.15) is 46.1 Å². The molecule has 0 aliphatic carbocycles. The Balaban J connectivity index is 1.62. The molecule has 2 aliphatic heterocycles. The lowest BCUT2D eigenvalue weighted by atomic mass is 9.98. The van der Waals surface area contributed by atoms with Crippen molar-refractivity contribution in [2.45, 2.75) is 63.7 Å². The van der Waals surface area contributed by atoms with Gasteiger partial charge in [-0.2, -0.15) is 0 Å². The Morgan fingerprint density at radius 3 is 2.65 bits per heavy atom. The Hall–Kier alpha value is -1.97. The number of carbonyl (C=O) groups is 1. The van der Waals surface area contributed by atoms with Gasteiger partial charge in [0.1, 0.15) is 11.9 Å². The predicted octanol–water partition coefficient (Wildman–Crippen LogP) is 1.76. The lowest BCUT2D eigenvalue weighted by Gasteiger charge is -2.35. The molecule has 1 amide bonds. The molecule has 4 atom stereocenters. The molecule has 172 valence electrons. The lowest BCUT2D eigenvalue weighted by Crippen LogP contribution is -2.46. The molecule has 2 unspecified atom stereocenters. The highest BCUT2D eigenvalue weighted by Crippen LogP contribution is 2.24. The van der Waals surface area contributed by atoms with Gasteiger partial charge >= 0.3 is 0 Å². The minimum atomic E-state index is -3.63. The number of benzene rings is 1. The van der Waals surface area contributed by atoms with Gasteiger partial charge in [-0.3, -0.25) is 19.4 Å². The molecule has 8 nitrogen and oxygen atoms in total. The molecule has 2 N–H and O–H groups in total. The molecule has 2 aliphatic rings. The minimum absolute atomic E-state index is 0.0225. The van der Waals surface area contributed by atoms with E-state index in [1.807, 2.05) is 13.8 Å². The molecule has 9 heteroatoms. The number of hydrogen-bond donors (Lipinski definition) is 2. The van der Waals surface area contributed by atoms with E-state index in [9.17, 15) is 13.2 Å². The first-order chi connectivity index (χ1) is 14.7. The molecule has 1 aromatic carbocycles. The summed E-state index contributed by atoms with van der Waals surface area (Å²) in [5.41, 5.74) is 0.513. The van der Waals surface area contributed by atoms with E-state index in [4.69, 9.17) is 4.74 Å². The van der Waals surface area contributed by atoms with Crippen molar-refractivity contribution in [3.05, 3.63) is 29.8 Å². The Morgan fingerprint density at radius 2 is 1.97 bits per heavy atom. The summed E-state index contributed by atoms with van der Waals surface area (Å²) in [6, 6.07) is 6.04. The fourth-order valence-electron chi connectivity index (χ4n) is 4.12. The van der Waals surface area contributed by atoms with Gasteiger partial charge in [0.15, 0.2) is 0 Å². The van der Waals surface area contributed by atoms with E-state index in [0.29, 0.717) is 12.1 Å². The largest absolute Gasteiger partial charge is 0.373 e. The van der Waals surface area contributed by atoms with Crippen LogP contribution in [-0.2, 0) is 19.6 Å². The van der Waals surface area contributed by atoms with Crippen LogP contribution >= 0.6 is 0 Å². The molecule has 0 bridgehead atoms. The van der Waals surface area contributed by atoms with Gasteiger partial charge in [-0.25, -0.2) is 8.42 Å². The van der Waals surface area contributed by atoms with Crippen LogP contribution < -0.4 is 10.0 Å². The summed E-state index contributed by atoms with van der Waals surface area (Å²) in [7, 11) is -3.63. The number of sulfonamides is 1. The second-order valence-corrected chi connectivity index (χ2v) is 10.2. The number of nitrogens with one attached hydrogen (secondary N) is 2. The van der Waals surface area contributed by atoms with Gasteiger partial charge in [0.25, 0.3) is 10.0 Å². The number of aliphatic imine (C=N–C) groups is 1. The van der Waals surface area contributed by atoms with Crippen LogP contribution in [0.15, 0.2) is 34.2 Å². The van der Waals surface area contributed by atoms with Crippen molar-refractivity contribution in [2.75, 3.05) is 26.2 Å². The molecule has 3 rings (SSSR count). The maximum atomic E-state index is 12.9. The molecule has 1 aromatic rings.